The predicted molar refractivity (Wildman–Crippen MR) is 386 cm³/mol. The molecule has 0 fully saturated rings. The maximum atomic E-state index is 7.54. The number of anilines is 4. The van der Waals surface area contributed by atoms with Crippen molar-refractivity contribution in [3.8, 4) is 50.7 Å². The van der Waals surface area contributed by atoms with Crippen molar-refractivity contribution in [3.05, 3.63) is 293 Å². The van der Waals surface area contributed by atoms with Crippen molar-refractivity contribution in [2.24, 2.45) is 0 Å². The van der Waals surface area contributed by atoms with Crippen molar-refractivity contribution in [2.45, 2.75) is 136 Å². The van der Waals surface area contributed by atoms with Crippen LogP contribution in [0.25, 0.3) is 61.0 Å². The second kappa shape index (κ2) is 23.1. The van der Waals surface area contributed by atoms with E-state index >= 15 is 0 Å². The van der Waals surface area contributed by atoms with Crippen molar-refractivity contribution in [3.63, 3.8) is 0 Å². The monoisotopic (exact) mass is 1390 g/mol. The Labute approximate surface area is 566 Å². The van der Waals surface area contributed by atoms with Gasteiger partial charge in [-0.3, -0.25) is 0 Å². The summed E-state index contributed by atoms with van der Waals surface area (Å²) < 4.78 is 9.83. The summed E-state index contributed by atoms with van der Waals surface area (Å²) in [7, 11) is 0. The van der Waals surface area contributed by atoms with E-state index in [9.17, 15) is 0 Å². The van der Waals surface area contributed by atoms with Crippen LogP contribution >= 0.6 is 0 Å². The minimum absolute atomic E-state index is 0. The van der Waals surface area contributed by atoms with Crippen LogP contribution in [0.5, 0.6) is 11.5 Å². The number of nitrogens with zero attached hydrogens (tertiary/aromatic N) is 4. The normalized spacial score (nSPS) is 13.9. The van der Waals surface area contributed by atoms with Gasteiger partial charge in [0.2, 0.25) is 0 Å². The van der Waals surface area contributed by atoms with Crippen LogP contribution in [0.4, 0.5) is 22.7 Å². The summed E-state index contributed by atoms with van der Waals surface area (Å²) in [5.74, 6) is 1.98. The average molecular weight is 1400 g/mol. The Kier molecular flexibility index (Phi) is 15.6. The van der Waals surface area contributed by atoms with Crippen LogP contribution < -0.4 is 14.5 Å². The van der Waals surface area contributed by atoms with Gasteiger partial charge in [-0.2, -0.15) is 6.07 Å². The van der Waals surface area contributed by atoms with Gasteiger partial charge in [0.05, 0.1) is 0 Å². The van der Waals surface area contributed by atoms with Gasteiger partial charge < -0.3 is 19.1 Å². The first-order valence-electron chi connectivity index (χ1n) is 32.7. The third-order valence-electron chi connectivity index (χ3n) is 19.2. The molecule has 1 aliphatic heterocycles. The topological polar surface area (TPSA) is 33.5 Å². The molecule has 0 radical (unpaired) electrons. The van der Waals surface area contributed by atoms with E-state index < -0.39 is 5.41 Å². The first kappa shape index (κ1) is 63.0. The van der Waals surface area contributed by atoms with E-state index in [2.05, 4.69) is 355 Å². The molecule has 6 heteroatoms. The van der Waals surface area contributed by atoms with Crippen molar-refractivity contribution >= 4 is 44.6 Å². The number of benzene rings is 10. The van der Waals surface area contributed by atoms with Crippen LogP contribution in [0.2, 0.25) is 0 Å². The van der Waals surface area contributed by atoms with Gasteiger partial charge in [-0.25, -0.2) is 4.98 Å². The van der Waals surface area contributed by atoms with E-state index in [1.54, 1.807) is 0 Å². The van der Waals surface area contributed by atoms with Gasteiger partial charge >= 0.3 is 0 Å². The van der Waals surface area contributed by atoms with Gasteiger partial charge in [-0.1, -0.05) is 261 Å². The molecule has 2 aromatic heterocycles. The zero-order valence-electron chi connectivity index (χ0n) is 56.5. The van der Waals surface area contributed by atoms with Gasteiger partial charge in [-0.05, 0) is 142 Å². The Morgan fingerprint density at radius 1 is 0.398 bits per heavy atom. The molecule has 5 nitrogen and oxygen atoms in total. The standard InChI is InChI=1S/C87H83N4O.Pt/c1-82(2,3)58-38-40-70-71-41-39-66(54-79(71)91(78(70)51-58)80-52-59(42-43-88-80)83(4,5)6)92-67-48-64(87(63-45-60(84(7,8)9)44-61(46-63)85(10,11)12)74-34-24-22-32-68(74)69-33-23-25-35-75(69)87)47-65(53-67)89-55-90(77-37-27-26-36-76(77)89)81-72(56-28-18-16-19-29-56)49-62(86(13,14)15)50-73(81)57-30-20-17-21-31-57;/h16-52,55H,1-15H3;/q-3;. The first-order chi connectivity index (χ1) is 43.7. The number of fused-ring (bicyclic) bond motifs is 7. The van der Waals surface area contributed by atoms with Gasteiger partial charge in [0.25, 0.3) is 0 Å². The molecule has 0 spiro atoms. The third kappa shape index (κ3) is 11.1. The molecule has 470 valence electrons. The molecular formula is C87H83N4OPt-3. The summed E-state index contributed by atoms with van der Waals surface area (Å²) in [5, 5.41) is 2.21. The van der Waals surface area contributed by atoms with Crippen molar-refractivity contribution in [1.82, 2.24) is 9.55 Å². The zero-order valence-corrected chi connectivity index (χ0v) is 58.7. The maximum Gasteiger partial charge on any atom is 0.135 e. The SMILES string of the molecule is CC(C)(C)c1cc(C(C)(C)C)cc(C2(c3cc(Oc4[c-]c5c(cc4)c4ccc(C(C)(C)C)cc4n5-c4cc(C(C)(C)C)ccn4)[c-]c(N4[CH-]N(c5c(-c6ccccc6)cc(C(C)(C)C)cc5-c5ccccc5)c5ccccc54)c3)c3ccccc3-c3ccccc32)c1.[Pt]. The molecule has 0 atom stereocenters. The summed E-state index contributed by atoms with van der Waals surface area (Å²) in [6, 6.07) is 89.1. The molecule has 2 aliphatic rings. The molecule has 0 N–H and O–H groups in total. The zero-order chi connectivity index (χ0) is 64.4. The van der Waals surface area contributed by atoms with Gasteiger partial charge in [0.15, 0.2) is 0 Å². The molecule has 14 rings (SSSR count). The number of ether oxygens (including phenoxy) is 1. The molecule has 12 aromatic rings. The fourth-order valence-corrected chi connectivity index (χ4v) is 14.0. The second-order valence-electron chi connectivity index (χ2n) is 30.7. The molecule has 0 unspecified atom stereocenters. The second-order valence-corrected chi connectivity index (χ2v) is 30.7. The summed E-state index contributed by atoms with van der Waals surface area (Å²) in [6.07, 6.45) is 1.95. The minimum atomic E-state index is -0.826. The van der Waals surface area contributed by atoms with Crippen molar-refractivity contribution in [1.29, 1.82) is 0 Å². The summed E-state index contributed by atoms with van der Waals surface area (Å²) in [4.78, 5) is 9.87. The van der Waals surface area contributed by atoms with Crippen molar-refractivity contribution in [2.75, 3.05) is 9.80 Å². The van der Waals surface area contributed by atoms with Gasteiger partial charge in [0.1, 0.15) is 5.82 Å². The Morgan fingerprint density at radius 3 is 1.44 bits per heavy atom. The van der Waals surface area contributed by atoms with E-state index in [1.807, 2.05) is 6.20 Å². The quantitative estimate of drug-likeness (QED) is 0.135. The molecule has 3 heterocycles. The van der Waals surface area contributed by atoms with Gasteiger partial charge in [-0.15, -0.1) is 53.6 Å². The predicted octanol–water partition coefficient (Wildman–Crippen LogP) is 23.2. The number of hydrogen-bond donors (Lipinski definition) is 0. The Morgan fingerprint density at radius 2 is 0.882 bits per heavy atom. The van der Waals surface area contributed by atoms with Crippen LogP contribution in [0, 0.1) is 18.8 Å². The van der Waals surface area contributed by atoms with E-state index in [1.165, 1.54) is 55.6 Å². The van der Waals surface area contributed by atoms with E-state index in [-0.39, 0.29) is 48.1 Å². The summed E-state index contributed by atoms with van der Waals surface area (Å²) in [5.41, 5.74) is 22.5. The average Bonchev–Trinajstić information content (AvgIpc) is 1.55. The van der Waals surface area contributed by atoms with Crippen LogP contribution in [0.3, 0.4) is 0 Å². The molecule has 0 saturated heterocycles. The molecule has 0 amide bonds. The van der Waals surface area contributed by atoms with E-state index in [0.717, 1.165) is 78.2 Å². The van der Waals surface area contributed by atoms with Gasteiger partial charge in [0, 0.05) is 77.9 Å². The fraction of sp³-hybridized carbons (Fsp3) is 0.241. The third-order valence-corrected chi connectivity index (χ3v) is 19.2. The summed E-state index contributed by atoms with van der Waals surface area (Å²) >= 11 is 0. The Hall–Kier alpha value is -8.76. The Bertz CT molecular complexity index is 4710. The largest absolute Gasteiger partial charge is 0.509 e. The molecule has 0 bridgehead atoms. The first-order valence-corrected chi connectivity index (χ1v) is 32.7. The van der Waals surface area contributed by atoms with E-state index in [4.69, 9.17) is 9.72 Å². The van der Waals surface area contributed by atoms with Crippen LogP contribution in [0.1, 0.15) is 154 Å². The molecule has 0 saturated carbocycles. The number of pyridine rings is 1. The van der Waals surface area contributed by atoms with Crippen LogP contribution in [-0.4, -0.2) is 9.55 Å². The van der Waals surface area contributed by atoms with Crippen LogP contribution in [0.15, 0.2) is 225 Å². The Balaban J connectivity index is 0.00000787. The smallest absolute Gasteiger partial charge is 0.135 e. The number of para-hydroxylation sites is 2. The number of hydrogen-bond acceptors (Lipinski definition) is 4. The minimum Gasteiger partial charge on any atom is -0.509 e. The molecule has 93 heavy (non-hydrogen) atoms. The van der Waals surface area contributed by atoms with Crippen molar-refractivity contribution < 1.29 is 25.8 Å². The van der Waals surface area contributed by atoms with Crippen LogP contribution in [-0.2, 0) is 53.6 Å². The molecular weight excluding hydrogens is 1310 g/mol. The number of aromatic nitrogens is 2. The maximum absolute atomic E-state index is 7.54. The fourth-order valence-electron chi connectivity index (χ4n) is 14.0. The van der Waals surface area contributed by atoms with E-state index in [0.29, 0.717) is 11.5 Å². The molecule has 1 aliphatic carbocycles. The summed E-state index contributed by atoms with van der Waals surface area (Å²) in [6.45, 7) is 36.9. The molecule has 10 aromatic carbocycles. The number of rotatable bonds is 9.